The second-order valence-electron chi connectivity index (χ2n) is 6.76. The number of furan rings is 1. The minimum Gasteiger partial charge on any atom is -0.469 e. The summed E-state index contributed by atoms with van der Waals surface area (Å²) in [6.45, 7) is 5.30. The second kappa shape index (κ2) is 5.45. The van der Waals surface area contributed by atoms with Crippen LogP contribution in [-0.4, -0.2) is 27.9 Å². The summed E-state index contributed by atoms with van der Waals surface area (Å²) in [6.07, 6.45) is 9.29. The molecular formula is C17H24N4O. The monoisotopic (exact) mass is 300 g/mol. The molecule has 0 unspecified atom stereocenters. The Morgan fingerprint density at radius 2 is 2.09 bits per heavy atom. The number of nitrogens with zero attached hydrogens (tertiary/aromatic N) is 4. The maximum absolute atomic E-state index is 5.45. The molecule has 2 fully saturated rings. The molecule has 3 heterocycles. The Labute approximate surface area is 131 Å². The Balaban J connectivity index is 1.54. The third-order valence-electron chi connectivity index (χ3n) is 5.32. The Bertz CT molecular complexity index is 627. The first-order chi connectivity index (χ1) is 10.8. The van der Waals surface area contributed by atoms with Crippen LogP contribution in [0.1, 0.15) is 50.6 Å². The van der Waals surface area contributed by atoms with Gasteiger partial charge >= 0.3 is 0 Å². The van der Waals surface area contributed by atoms with Crippen LogP contribution >= 0.6 is 0 Å². The van der Waals surface area contributed by atoms with Gasteiger partial charge in [-0.25, -0.2) is 0 Å². The van der Waals surface area contributed by atoms with Crippen molar-refractivity contribution in [1.29, 1.82) is 0 Å². The Kier molecular flexibility index (Phi) is 3.43. The van der Waals surface area contributed by atoms with Crippen LogP contribution in [0.5, 0.6) is 0 Å². The van der Waals surface area contributed by atoms with Crippen LogP contribution in [0.25, 0.3) is 0 Å². The molecule has 1 aliphatic heterocycles. The van der Waals surface area contributed by atoms with E-state index in [0.29, 0.717) is 11.8 Å². The summed E-state index contributed by atoms with van der Waals surface area (Å²) in [5.41, 5.74) is 0.683. The molecule has 0 radical (unpaired) electrons. The highest BCUT2D eigenvalue weighted by molar-refractivity contribution is 5.32. The van der Waals surface area contributed by atoms with E-state index in [4.69, 9.17) is 4.42 Å². The van der Waals surface area contributed by atoms with Crippen molar-refractivity contribution in [3.05, 3.63) is 30.0 Å². The van der Waals surface area contributed by atoms with Crippen LogP contribution in [0.15, 0.2) is 22.8 Å². The van der Waals surface area contributed by atoms with E-state index in [1.807, 2.05) is 12.1 Å². The second-order valence-corrected chi connectivity index (χ2v) is 6.76. The SMILES string of the molecule is CCn1c(Cc2ccco2)nnc1N1CCCC2(CC1)CC2. The molecule has 1 spiro atoms. The van der Waals surface area contributed by atoms with E-state index >= 15 is 0 Å². The average molecular weight is 300 g/mol. The summed E-state index contributed by atoms with van der Waals surface area (Å²) < 4.78 is 7.70. The third kappa shape index (κ3) is 2.53. The Morgan fingerprint density at radius 3 is 2.82 bits per heavy atom. The molecule has 2 aromatic rings. The highest BCUT2D eigenvalue weighted by Crippen LogP contribution is 2.53. The highest BCUT2D eigenvalue weighted by atomic mass is 16.3. The molecule has 1 aliphatic carbocycles. The molecule has 5 heteroatoms. The Hall–Kier alpha value is -1.78. The number of anilines is 1. The van der Waals surface area contributed by atoms with Crippen molar-refractivity contribution in [3.63, 3.8) is 0 Å². The van der Waals surface area contributed by atoms with E-state index in [1.54, 1.807) is 6.26 Å². The molecule has 1 saturated carbocycles. The van der Waals surface area contributed by atoms with Gasteiger partial charge in [0.05, 0.1) is 12.7 Å². The van der Waals surface area contributed by atoms with Crippen LogP contribution < -0.4 is 4.90 Å². The molecule has 1 saturated heterocycles. The van der Waals surface area contributed by atoms with Crippen LogP contribution in [0.2, 0.25) is 0 Å². The molecule has 0 atom stereocenters. The zero-order valence-corrected chi connectivity index (χ0v) is 13.3. The Morgan fingerprint density at radius 1 is 1.18 bits per heavy atom. The van der Waals surface area contributed by atoms with Crippen LogP contribution in [0.4, 0.5) is 5.95 Å². The highest BCUT2D eigenvalue weighted by Gasteiger charge is 2.43. The fourth-order valence-electron chi connectivity index (χ4n) is 3.71. The standard InChI is InChI=1S/C17H24N4O/c1-2-21-15(13-14-5-3-12-22-14)18-19-16(21)20-10-4-6-17(7-8-17)9-11-20/h3,5,12H,2,4,6-11,13H2,1H3. The van der Waals surface area contributed by atoms with E-state index in [2.05, 4.69) is 26.6 Å². The lowest BCUT2D eigenvalue weighted by Gasteiger charge is -2.22. The van der Waals surface area contributed by atoms with Crippen molar-refractivity contribution in [1.82, 2.24) is 14.8 Å². The topological polar surface area (TPSA) is 47.1 Å². The molecule has 2 aliphatic rings. The van der Waals surface area contributed by atoms with Gasteiger partial charge in [0.2, 0.25) is 5.95 Å². The molecule has 118 valence electrons. The molecular weight excluding hydrogens is 276 g/mol. The zero-order valence-electron chi connectivity index (χ0n) is 13.3. The van der Waals surface area contributed by atoms with Crippen molar-refractivity contribution in [2.24, 2.45) is 5.41 Å². The van der Waals surface area contributed by atoms with Gasteiger partial charge in [-0.1, -0.05) is 0 Å². The van der Waals surface area contributed by atoms with Crippen LogP contribution in [0.3, 0.4) is 0 Å². The average Bonchev–Trinajstić information content (AvgIpc) is 2.99. The molecule has 0 amide bonds. The fourth-order valence-corrected chi connectivity index (χ4v) is 3.71. The van der Waals surface area contributed by atoms with E-state index in [9.17, 15) is 0 Å². The predicted molar refractivity (Wildman–Crippen MR) is 84.9 cm³/mol. The first-order valence-corrected chi connectivity index (χ1v) is 8.49. The number of aromatic nitrogens is 3. The minimum atomic E-state index is 0.683. The van der Waals surface area contributed by atoms with Crippen molar-refractivity contribution >= 4 is 5.95 Å². The lowest BCUT2D eigenvalue weighted by molar-refractivity contribution is 0.453. The van der Waals surface area contributed by atoms with E-state index in [0.717, 1.165) is 37.2 Å². The number of rotatable bonds is 4. The lowest BCUT2D eigenvalue weighted by Crippen LogP contribution is -2.28. The van der Waals surface area contributed by atoms with Gasteiger partial charge in [-0.2, -0.15) is 0 Å². The van der Waals surface area contributed by atoms with Crippen LogP contribution in [-0.2, 0) is 13.0 Å². The molecule has 22 heavy (non-hydrogen) atoms. The van der Waals surface area contributed by atoms with E-state index in [1.165, 1.54) is 32.1 Å². The molecule has 2 aromatic heterocycles. The third-order valence-corrected chi connectivity index (χ3v) is 5.32. The molecule has 0 bridgehead atoms. The maximum atomic E-state index is 5.45. The van der Waals surface area contributed by atoms with Gasteiger partial charge in [-0.3, -0.25) is 4.57 Å². The normalized spacial score (nSPS) is 20.3. The maximum Gasteiger partial charge on any atom is 0.227 e. The fraction of sp³-hybridized carbons (Fsp3) is 0.647. The van der Waals surface area contributed by atoms with Crippen molar-refractivity contribution < 1.29 is 4.42 Å². The van der Waals surface area contributed by atoms with Crippen molar-refractivity contribution in [2.75, 3.05) is 18.0 Å². The van der Waals surface area contributed by atoms with Crippen molar-refractivity contribution in [2.45, 2.75) is 52.0 Å². The summed E-state index contributed by atoms with van der Waals surface area (Å²) in [4.78, 5) is 2.44. The van der Waals surface area contributed by atoms with Crippen molar-refractivity contribution in [3.8, 4) is 0 Å². The minimum absolute atomic E-state index is 0.683. The van der Waals surface area contributed by atoms with Gasteiger partial charge in [-0.15, -0.1) is 10.2 Å². The number of hydrogen-bond donors (Lipinski definition) is 0. The van der Waals surface area contributed by atoms with Gasteiger partial charge in [0.1, 0.15) is 11.6 Å². The van der Waals surface area contributed by atoms with Gasteiger partial charge in [0.25, 0.3) is 0 Å². The van der Waals surface area contributed by atoms with E-state index < -0.39 is 0 Å². The summed E-state index contributed by atoms with van der Waals surface area (Å²) >= 11 is 0. The van der Waals surface area contributed by atoms with E-state index in [-0.39, 0.29) is 0 Å². The lowest BCUT2D eigenvalue weighted by atomic mass is 9.98. The first kappa shape index (κ1) is 13.9. The van der Waals surface area contributed by atoms with Gasteiger partial charge in [0.15, 0.2) is 0 Å². The quantitative estimate of drug-likeness (QED) is 0.869. The molecule has 0 N–H and O–H groups in total. The summed E-state index contributed by atoms with van der Waals surface area (Å²) in [6, 6.07) is 3.92. The number of hydrogen-bond acceptors (Lipinski definition) is 4. The molecule has 0 aromatic carbocycles. The van der Waals surface area contributed by atoms with Gasteiger partial charge < -0.3 is 9.32 Å². The molecule has 4 rings (SSSR count). The first-order valence-electron chi connectivity index (χ1n) is 8.49. The smallest absolute Gasteiger partial charge is 0.227 e. The largest absolute Gasteiger partial charge is 0.469 e. The summed E-state index contributed by atoms with van der Waals surface area (Å²) in [5, 5.41) is 8.93. The van der Waals surface area contributed by atoms with Crippen LogP contribution in [0, 0.1) is 5.41 Å². The zero-order chi connectivity index (χ0) is 15.0. The van der Waals surface area contributed by atoms with Gasteiger partial charge in [-0.05, 0) is 56.6 Å². The summed E-state index contributed by atoms with van der Waals surface area (Å²) in [5.74, 6) is 2.99. The molecule has 5 nitrogen and oxygen atoms in total. The summed E-state index contributed by atoms with van der Waals surface area (Å²) in [7, 11) is 0. The van der Waals surface area contributed by atoms with Gasteiger partial charge in [0, 0.05) is 19.6 Å². The predicted octanol–water partition coefficient (Wildman–Crippen LogP) is 3.25.